The molecule has 2 rings (SSSR count). The summed E-state index contributed by atoms with van der Waals surface area (Å²) in [5.74, 6) is -2.56. The number of aromatic carboxylic acids is 1. The number of hydrogen-bond donors (Lipinski definition) is 2. The molecule has 6 nitrogen and oxygen atoms in total. The molecule has 1 aromatic rings. The Hall–Kier alpha value is -1.83. The number of nitrogens with one attached hydrogen (secondary N) is 1. The molecular formula is C13H15FN2O4S. The predicted molar refractivity (Wildman–Crippen MR) is 78.6 cm³/mol. The van der Waals surface area contributed by atoms with Crippen LogP contribution in [0.25, 0.3) is 0 Å². The van der Waals surface area contributed by atoms with Gasteiger partial charge in [-0.2, -0.15) is 11.8 Å². The van der Waals surface area contributed by atoms with Crippen LogP contribution in [0.5, 0.6) is 0 Å². The third-order valence-corrected chi connectivity index (χ3v) is 5.23. The minimum absolute atomic E-state index is 0.0195. The molecule has 0 heterocycles. The third-order valence-electron chi connectivity index (χ3n) is 3.81. The first-order chi connectivity index (χ1) is 9.88. The molecule has 114 valence electrons. The van der Waals surface area contributed by atoms with Gasteiger partial charge in [0.25, 0.3) is 5.69 Å². The Morgan fingerprint density at radius 3 is 2.67 bits per heavy atom. The van der Waals surface area contributed by atoms with E-state index in [0.29, 0.717) is 12.6 Å². The standard InChI is InChI=1S/C13H15FN2O4S/c1-21-13(3-2-4-13)7-15-10-5-8(12(17)18)9(14)6-11(10)16(19)20/h5-6,15H,2-4,7H2,1H3,(H,17,18). The van der Waals surface area contributed by atoms with Crippen LogP contribution in [0.2, 0.25) is 0 Å². The van der Waals surface area contributed by atoms with Crippen molar-refractivity contribution in [1.82, 2.24) is 0 Å². The number of thioether (sulfide) groups is 1. The Labute approximate surface area is 124 Å². The molecule has 1 aliphatic rings. The Bertz CT molecular complexity index is 584. The number of nitrogens with zero attached hydrogens (tertiary/aromatic N) is 1. The lowest BCUT2D eigenvalue weighted by atomic mass is 9.84. The average molecular weight is 314 g/mol. The van der Waals surface area contributed by atoms with Crippen molar-refractivity contribution in [2.75, 3.05) is 18.1 Å². The number of hydrogen-bond acceptors (Lipinski definition) is 5. The van der Waals surface area contributed by atoms with Crippen molar-refractivity contribution in [3.05, 3.63) is 33.6 Å². The van der Waals surface area contributed by atoms with Gasteiger partial charge in [0, 0.05) is 11.3 Å². The molecule has 0 saturated heterocycles. The SMILES string of the molecule is CSC1(CNc2cc(C(=O)O)c(F)cc2[N+](=O)[O-])CCC1. The van der Waals surface area contributed by atoms with Crippen LogP contribution in [0.3, 0.4) is 0 Å². The lowest BCUT2D eigenvalue weighted by molar-refractivity contribution is -0.384. The topological polar surface area (TPSA) is 92.5 Å². The molecule has 1 fully saturated rings. The molecule has 0 unspecified atom stereocenters. The Kier molecular flexibility index (Phi) is 4.36. The van der Waals surface area contributed by atoms with Gasteiger partial charge >= 0.3 is 5.97 Å². The van der Waals surface area contributed by atoms with Gasteiger partial charge in [-0.3, -0.25) is 10.1 Å². The largest absolute Gasteiger partial charge is 0.478 e. The highest BCUT2D eigenvalue weighted by Crippen LogP contribution is 2.43. The predicted octanol–water partition coefficient (Wildman–Crippen LogP) is 3.13. The molecule has 0 amide bonds. The maximum absolute atomic E-state index is 13.5. The summed E-state index contributed by atoms with van der Waals surface area (Å²) in [5, 5.41) is 22.8. The molecular weight excluding hydrogens is 299 g/mol. The zero-order valence-electron chi connectivity index (χ0n) is 11.4. The monoisotopic (exact) mass is 314 g/mol. The van der Waals surface area contributed by atoms with Crippen LogP contribution in [-0.4, -0.2) is 33.5 Å². The van der Waals surface area contributed by atoms with Crippen LogP contribution in [0, 0.1) is 15.9 Å². The number of benzene rings is 1. The number of carbonyl (C=O) groups is 1. The molecule has 0 bridgehead atoms. The van der Waals surface area contributed by atoms with E-state index >= 15 is 0 Å². The van der Waals surface area contributed by atoms with E-state index in [2.05, 4.69) is 5.32 Å². The highest BCUT2D eigenvalue weighted by molar-refractivity contribution is 8.00. The van der Waals surface area contributed by atoms with Crippen molar-refractivity contribution >= 4 is 29.1 Å². The molecule has 1 aliphatic carbocycles. The second-order valence-corrected chi connectivity index (χ2v) is 6.28. The second-order valence-electron chi connectivity index (χ2n) is 5.01. The summed E-state index contributed by atoms with van der Waals surface area (Å²) >= 11 is 1.68. The fourth-order valence-electron chi connectivity index (χ4n) is 2.30. The number of rotatable bonds is 6. The van der Waals surface area contributed by atoms with Gasteiger partial charge in [-0.15, -0.1) is 0 Å². The van der Waals surface area contributed by atoms with Crippen LogP contribution in [0.4, 0.5) is 15.8 Å². The van der Waals surface area contributed by atoms with E-state index in [9.17, 15) is 19.3 Å². The van der Waals surface area contributed by atoms with E-state index in [-0.39, 0.29) is 10.4 Å². The molecule has 1 saturated carbocycles. The van der Waals surface area contributed by atoms with E-state index in [1.807, 2.05) is 6.26 Å². The molecule has 0 spiro atoms. The Balaban J connectivity index is 2.29. The highest BCUT2D eigenvalue weighted by Gasteiger charge is 2.36. The van der Waals surface area contributed by atoms with Gasteiger partial charge in [-0.05, 0) is 25.2 Å². The normalized spacial score (nSPS) is 16.1. The van der Waals surface area contributed by atoms with Crippen molar-refractivity contribution in [3.8, 4) is 0 Å². The first kappa shape index (κ1) is 15.6. The molecule has 0 atom stereocenters. The molecule has 1 aromatic carbocycles. The number of nitro groups is 1. The third kappa shape index (κ3) is 3.10. The smallest absolute Gasteiger partial charge is 0.338 e. The van der Waals surface area contributed by atoms with E-state index in [4.69, 9.17) is 5.11 Å². The Morgan fingerprint density at radius 2 is 2.24 bits per heavy atom. The van der Waals surface area contributed by atoms with Gasteiger partial charge < -0.3 is 10.4 Å². The summed E-state index contributed by atoms with van der Waals surface area (Å²) in [4.78, 5) is 21.2. The summed E-state index contributed by atoms with van der Waals surface area (Å²) in [6.07, 6.45) is 5.08. The first-order valence-corrected chi connectivity index (χ1v) is 7.61. The van der Waals surface area contributed by atoms with Gasteiger partial charge in [0.15, 0.2) is 0 Å². The second kappa shape index (κ2) is 5.88. The maximum atomic E-state index is 13.5. The minimum atomic E-state index is -1.45. The van der Waals surface area contributed by atoms with Gasteiger partial charge in [0.2, 0.25) is 0 Å². The summed E-state index contributed by atoms with van der Waals surface area (Å²) in [6, 6.07) is 1.64. The highest BCUT2D eigenvalue weighted by atomic mass is 32.2. The molecule has 8 heteroatoms. The Morgan fingerprint density at radius 1 is 1.57 bits per heavy atom. The van der Waals surface area contributed by atoms with Crippen LogP contribution in [0.15, 0.2) is 12.1 Å². The van der Waals surface area contributed by atoms with E-state index in [0.717, 1.165) is 25.3 Å². The zero-order valence-corrected chi connectivity index (χ0v) is 12.2. The van der Waals surface area contributed by atoms with Crippen LogP contribution in [-0.2, 0) is 0 Å². The van der Waals surface area contributed by atoms with Gasteiger partial charge in [0.05, 0.1) is 16.6 Å². The fraction of sp³-hybridized carbons (Fsp3) is 0.462. The number of carboxylic acids is 1. The fourth-order valence-corrected chi connectivity index (χ4v) is 3.21. The van der Waals surface area contributed by atoms with Gasteiger partial charge in [-0.1, -0.05) is 6.42 Å². The van der Waals surface area contributed by atoms with Crippen molar-refractivity contribution in [2.45, 2.75) is 24.0 Å². The maximum Gasteiger partial charge on any atom is 0.338 e. The van der Waals surface area contributed by atoms with Crippen LogP contribution < -0.4 is 5.32 Å². The minimum Gasteiger partial charge on any atom is -0.478 e. The molecule has 2 N–H and O–H groups in total. The van der Waals surface area contributed by atoms with Crippen LogP contribution >= 0.6 is 11.8 Å². The zero-order chi connectivity index (χ0) is 15.6. The van der Waals surface area contributed by atoms with Crippen molar-refractivity contribution in [1.29, 1.82) is 0 Å². The number of nitro benzene ring substituents is 1. The lowest BCUT2D eigenvalue weighted by Gasteiger charge is -2.40. The van der Waals surface area contributed by atoms with E-state index in [1.165, 1.54) is 0 Å². The van der Waals surface area contributed by atoms with E-state index < -0.39 is 28.0 Å². The summed E-state index contributed by atoms with van der Waals surface area (Å²) in [6.45, 7) is 0.486. The van der Waals surface area contributed by atoms with Gasteiger partial charge in [0.1, 0.15) is 11.5 Å². The van der Waals surface area contributed by atoms with Crippen molar-refractivity contribution in [2.24, 2.45) is 0 Å². The number of carboxylic acid groups (broad SMARTS) is 1. The molecule has 0 aliphatic heterocycles. The molecule has 0 radical (unpaired) electrons. The average Bonchev–Trinajstić information content (AvgIpc) is 2.38. The first-order valence-electron chi connectivity index (χ1n) is 6.39. The van der Waals surface area contributed by atoms with Gasteiger partial charge in [-0.25, -0.2) is 9.18 Å². The van der Waals surface area contributed by atoms with Crippen LogP contribution in [0.1, 0.15) is 29.6 Å². The number of halogens is 1. The van der Waals surface area contributed by atoms with Crippen molar-refractivity contribution < 1.29 is 19.2 Å². The summed E-state index contributed by atoms with van der Waals surface area (Å²) < 4.78 is 13.6. The quantitative estimate of drug-likeness (QED) is 0.619. The lowest BCUT2D eigenvalue weighted by Crippen LogP contribution is -2.40. The summed E-state index contributed by atoms with van der Waals surface area (Å²) in [5.41, 5.74) is -0.984. The van der Waals surface area contributed by atoms with Crippen molar-refractivity contribution in [3.63, 3.8) is 0 Å². The molecule has 0 aromatic heterocycles. The molecule has 21 heavy (non-hydrogen) atoms. The summed E-state index contributed by atoms with van der Waals surface area (Å²) in [7, 11) is 0. The van der Waals surface area contributed by atoms with E-state index in [1.54, 1.807) is 11.8 Å². The number of anilines is 1.